The van der Waals surface area contributed by atoms with Crippen molar-refractivity contribution < 1.29 is 9.84 Å². The van der Waals surface area contributed by atoms with Crippen LogP contribution in [0.5, 0.6) is 0 Å². The van der Waals surface area contributed by atoms with Crippen LogP contribution in [0.25, 0.3) is 0 Å². The fourth-order valence-electron chi connectivity index (χ4n) is 4.47. The molecule has 0 spiro atoms. The molecule has 3 rings (SSSR count). The van der Waals surface area contributed by atoms with Crippen LogP contribution in [-0.2, 0) is 10.2 Å². The van der Waals surface area contributed by atoms with Gasteiger partial charge in [-0.1, -0.05) is 43.2 Å². The van der Waals surface area contributed by atoms with Gasteiger partial charge in [0.25, 0.3) is 0 Å². The first-order valence-electron chi connectivity index (χ1n) is 9.91. The van der Waals surface area contributed by atoms with E-state index in [0.717, 1.165) is 38.5 Å². The molecule has 0 aromatic heterocycles. The third-order valence-electron chi connectivity index (χ3n) is 6.22. The van der Waals surface area contributed by atoms with E-state index >= 15 is 0 Å². The standard InChI is InChI=1S/C21H33N3O2.HI/c1-22-19(23-15-20(11-13-25)12-14-26-17-20)24-16-21(9-5-6-10-21)18-7-3-2-4-8-18;/h2-4,7-8,25H,5-6,9-17H2,1H3,(H2,22,23,24);1H. The molecule has 2 fully saturated rings. The number of guanidine groups is 1. The van der Waals surface area contributed by atoms with Crippen molar-refractivity contribution >= 4 is 29.9 Å². The third-order valence-corrected chi connectivity index (χ3v) is 6.22. The predicted octanol–water partition coefficient (Wildman–Crippen LogP) is 3.07. The molecule has 3 N–H and O–H groups in total. The van der Waals surface area contributed by atoms with E-state index in [4.69, 9.17) is 4.74 Å². The van der Waals surface area contributed by atoms with E-state index in [1.165, 1.54) is 31.2 Å². The molecule has 1 heterocycles. The van der Waals surface area contributed by atoms with Gasteiger partial charge in [0.15, 0.2) is 5.96 Å². The summed E-state index contributed by atoms with van der Waals surface area (Å²) in [6.45, 7) is 3.39. The molecule has 27 heavy (non-hydrogen) atoms. The van der Waals surface area contributed by atoms with Crippen LogP contribution in [0.15, 0.2) is 35.3 Å². The number of nitrogens with zero attached hydrogens (tertiary/aromatic N) is 1. The van der Waals surface area contributed by atoms with E-state index in [1.807, 2.05) is 7.05 Å². The molecule has 0 amide bonds. The van der Waals surface area contributed by atoms with E-state index in [1.54, 1.807) is 0 Å². The number of benzene rings is 1. The molecule has 1 aromatic rings. The first kappa shape index (κ1) is 22.4. The maximum atomic E-state index is 9.39. The zero-order valence-corrected chi connectivity index (χ0v) is 18.7. The van der Waals surface area contributed by atoms with Crippen molar-refractivity contribution in [3.63, 3.8) is 0 Å². The number of hydrogen-bond acceptors (Lipinski definition) is 3. The van der Waals surface area contributed by atoms with Crippen molar-refractivity contribution in [3.8, 4) is 0 Å². The van der Waals surface area contributed by atoms with Gasteiger partial charge in [0.05, 0.1) is 6.61 Å². The van der Waals surface area contributed by atoms with Crippen molar-refractivity contribution in [2.45, 2.75) is 43.9 Å². The van der Waals surface area contributed by atoms with Gasteiger partial charge in [-0.15, -0.1) is 24.0 Å². The fraction of sp³-hybridized carbons (Fsp3) is 0.667. The first-order valence-corrected chi connectivity index (χ1v) is 9.91. The average molecular weight is 487 g/mol. The van der Waals surface area contributed by atoms with Crippen LogP contribution < -0.4 is 10.6 Å². The molecule has 152 valence electrons. The summed E-state index contributed by atoms with van der Waals surface area (Å²) in [5.41, 5.74) is 1.66. The number of rotatable bonds is 7. The minimum absolute atomic E-state index is 0. The second-order valence-corrected chi connectivity index (χ2v) is 7.91. The molecule has 0 bridgehead atoms. The van der Waals surface area contributed by atoms with Crippen LogP contribution in [0.4, 0.5) is 0 Å². The Morgan fingerprint density at radius 2 is 1.81 bits per heavy atom. The molecule has 1 saturated carbocycles. The Morgan fingerprint density at radius 1 is 1.11 bits per heavy atom. The Balaban J connectivity index is 0.00000261. The van der Waals surface area contributed by atoms with Crippen molar-refractivity contribution in [2.75, 3.05) is 40.0 Å². The minimum atomic E-state index is 0. The van der Waals surface area contributed by atoms with E-state index < -0.39 is 0 Å². The fourth-order valence-corrected chi connectivity index (χ4v) is 4.47. The highest BCUT2D eigenvalue weighted by atomic mass is 127. The SMILES string of the molecule is CN=C(NCC1(CCO)CCOC1)NCC1(c2ccccc2)CCCC1.I. The van der Waals surface area contributed by atoms with E-state index in [-0.39, 0.29) is 41.4 Å². The maximum Gasteiger partial charge on any atom is 0.191 e. The van der Waals surface area contributed by atoms with Gasteiger partial charge in [0.2, 0.25) is 0 Å². The van der Waals surface area contributed by atoms with Crippen LogP contribution in [0, 0.1) is 5.41 Å². The first-order chi connectivity index (χ1) is 12.7. The topological polar surface area (TPSA) is 65.9 Å². The van der Waals surface area contributed by atoms with Crippen LogP contribution >= 0.6 is 24.0 Å². The van der Waals surface area contributed by atoms with Crippen molar-refractivity contribution in [2.24, 2.45) is 10.4 Å². The van der Waals surface area contributed by atoms with Crippen molar-refractivity contribution in [1.29, 1.82) is 0 Å². The van der Waals surface area contributed by atoms with E-state index in [9.17, 15) is 5.11 Å². The van der Waals surface area contributed by atoms with Gasteiger partial charge in [-0.25, -0.2) is 0 Å². The number of aliphatic imine (C=N–C) groups is 1. The number of halogens is 1. The highest BCUT2D eigenvalue weighted by Gasteiger charge is 2.36. The largest absolute Gasteiger partial charge is 0.396 e. The van der Waals surface area contributed by atoms with Gasteiger partial charge in [0, 0.05) is 44.2 Å². The molecule has 5 nitrogen and oxygen atoms in total. The second kappa shape index (κ2) is 10.6. The summed E-state index contributed by atoms with van der Waals surface area (Å²) in [4.78, 5) is 4.42. The van der Waals surface area contributed by atoms with Crippen LogP contribution in [0.2, 0.25) is 0 Å². The molecular formula is C21H34IN3O2. The Morgan fingerprint density at radius 3 is 2.41 bits per heavy atom. The summed E-state index contributed by atoms with van der Waals surface area (Å²) in [5, 5.41) is 16.4. The molecule has 1 aliphatic heterocycles. The van der Waals surface area contributed by atoms with Gasteiger partial charge in [0.1, 0.15) is 0 Å². The lowest BCUT2D eigenvalue weighted by atomic mass is 9.79. The van der Waals surface area contributed by atoms with Crippen LogP contribution in [0.1, 0.15) is 44.1 Å². The molecule has 1 aromatic carbocycles. The lowest BCUT2D eigenvalue weighted by Crippen LogP contribution is -2.48. The number of nitrogens with one attached hydrogen (secondary N) is 2. The Bertz CT molecular complexity index is 582. The quantitative estimate of drug-likeness (QED) is 0.314. The molecule has 1 unspecified atom stereocenters. The molecule has 1 atom stereocenters. The molecule has 1 saturated heterocycles. The van der Waals surface area contributed by atoms with Gasteiger partial charge in [-0.3, -0.25) is 4.99 Å². The minimum Gasteiger partial charge on any atom is -0.396 e. The number of aliphatic hydroxyl groups is 1. The predicted molar refractivity (Wildman–Crippen MR) is 121 cm³/mol. The molecule has 2 aliphatic rings. The lowest BCUT2D eigenvalue weighted by molar-refractivity contribution is 0.127. The van der Waals surface area contributed by atoms with E-state index in [0.29, 0.717) is 6.61 Å². The molecule has 1 aliphatic carbocycles. The van der Waals surface area contributed by atoms with Gasteiger partial charge < -0.3 is 20.5 Å². The van der Waals surface area contributed by atoms with Crippen molar-refractivity contribution in [3.05, 3.63) is 35.9 Å². The van der Waals surface area contributed by atoms with Gasteiger partial charge >= 0.3 is 0 Å². The van der Waals surface area contributed by atoms with Gasteiger partial charge in [-0.05, 0) is 31.2 Å². The summed E-state index contributed by atoms with van der Waals surface area (Å²) in [5.74, 6) is 0.844. The maximum absolute atomic E-state index is 9.39. The number of hydrogen-bond donors (Lipinski definition) is 3. The zero-order chi connectivity index (χ0) is 18.3. The Hall–Kier alpha value is -0.860. The summed E-state index contributed by atoms with van der Waals surface area (Å²) in [7, 11) is 1.82. The molecular weight excluding hydrogens is 453 g/mol. The third kappa shape index (κ3) is 5.57. The highest BCUT2D eigenvalue weighted by molar-refractivity contribution is 14.0. The highest BCUT2D eigenvalue weighted by Crippen LogP contribution is 2.40. The second-order valence-electron chi connectivity index (χ2n) is 7.91. The number of aliphatic hydroxyl groups excluding tert-OH is 1. The van der Waals surface area contributed by atoms with E-state index in [2.05, 4.69) is 46.0 Å². The number of ether oxygens (including phenoxy) is 1. The Labute approximate surface area is 180 Å². The lowest BCUT2D eigenvalue weighted by Gasteiger charge is -2.32. The summed E-state index contributed by atoms with van der Waals surface area (Å²) in [6, 6.07) is 10.9. The monoisotopic (exact) mass is 487 g/mol. The zero-order valence-electron chi connectivity index (χ0n) is 16.4. The Kier molecular flexibility index (Phi) is 8.82. The van der Waals surface area contributed by atoms with Gasteiger partial charge in [-0.2, -0.15) is 0 Å². The summed E-state index contributed by atoms with van der Waals surface area (Å²) < 4.78 is 5.58. The summed E-state index contributed by atoms with van der Waals surface area (Å²) in [6.07, 6.45) is 6.79. The average Bonchev–Trinajstić information content (AvgIpc) is 3.34. The molecule has 0 radical (unpaired) electrons. The molecule has 6 heteroatoms. The van der Waals surface area contributed by atoms with Crippen LogP contribution in [-0.4, -0.2) is 51.0 Å². The smallest absolute Gasteiger partial charge is 0.191 e. The van der Waals surface area contributed by atoms with Crippen LogP contribution in [0.3, 0.4) is 0 Å². The summed E-state index contributed by atoms with van der Waals surface area (Å²) >= 11 is 0. The normalized spacial score (nSPS) is 24.4. The van der Waals surface area contributed by atoms with Crippen molar-refractivity contribution in [1.82, 2.24) is 10.6 Å².